The maximum Gasteiger partial charge on any atom is 0.320 e. The number of hydrogen-bond acceptors (Lipinski definition) is 6. The Labute approximate surface area is 89.9 Å². The van der Waals surface area contributed by atoms with E-state index in [0.29, 0.717) is 12.2 Å². The summed E-state index contributed by atoms with van der Waals surface area (Å²) >= 11 is 2.81. The van der Waals surface area contributed by atoms with Gasteiger partial charge in [-0.15, -0.1) is 0 Å². The monoisotopic (exact) mass is 233 g/mol. The first-order chi connectivity index (χ1) is 6.59. The molecule has 0 aromatic carbocycles. The highest BCUT2D eigenvalue weighted by atomic mass is 32.2. The fourth-order valence-electron chi connectivity index (χ4n) is 0.733. The molecule has 5 nitrogen and oxygen atoms in total. The summed E-state index contributed by atoms with van der Waals surface area (Å²) in [6.07, 6.45) is 0.443. The molecule has 0 spiro atoms. The summed E-state index contributed by atoms with van der Waals surface area (Å²) in [4.78, 5) is 14.5. The van der Waals surface area contributed by atoms with Crippen molar-refractivity contribution in [2.45, 2.75) is 23.7 Å². The number of carboxylic acid groups (broad SMARTS) is 1. The number of thioether (sulfide) groups is 1. The minimum absolute atomic E-state index is 0.443. The second-order valence-electron chi connectivity index (χ2n) is 2.69. The molecule has 3 N–H and O–H groups in total. The molecule has 0 fully saturated rings. The van der Waals surface area contributed by atoms with Gasteiger partial charge in [0, 0.05) is 5.75 Å². The predicted molar refractivity (Wildman–Crippen MR) is 55.6 cm³/mol. The summed E-state index contributed by atoms with van der Waals surface area (Å²) in [5.74, 6) is 0.446. The molecule has 0 aliphatic carbocycles. The van der Waals surface area contributed by atoms with Gasteiger partial charge >= 0.3 is 5.97 Å². The first-order valence-corrected chi connectivity index (χ1v) is 5.77. The van der Waals surface area contributed by atoms with Gasteiger partial charge in [-0.3, -0.25) is 4.79 Å². The van der Waals surface area contributed by atoms with Crippen molar-refractivity contribution < 1.29 is 9.90 Å². The molecule has 1 aromatic heterocycles. The molecule has 1 rings (SSSR count). The van der Waals surface area contributed by atoms with E-state index in [-0.39, 0.29) is 0 Å². The largest absolute Gasteiger partial charge is 0.480 e. The van der Waals surface area contributed by atoms with E-state index in [2.05, 4.69) is 9.36 Å². The summed E-state index contributed by atoms with van der Waals surface area (Å²) in [5, 5.41) is 8.52. The molecule has 0 aliphatic heterocycles. The average molecular weight is 233 g/mol. The van der Waals surface area contributed by atoms with Crippen molar-refractivity contribution in [3.05, 3.63) is 5.82 Å². The lowest BCUT2D eigenvalue weighted by atomic mass is 10.2. The highest BCUT2D eigenvalue weighted by molar-refractivity contribution is 8.00. The molecule has 0 aliphatic rings. The minimum Gasteiger partial charge on any atom is -0.480 e. The second kappa shape index (κ2) is 5.28. The van der Waals surface area contributed by atoms with Crippen LogP contribution in [0.2, 0.25) is 0 Å². The van der Waals surface area contributed by atoms with E-state index in [1.54, 1.807) is 0 Å². The third-order valence-corrected chi connectivity index (χ3v) is 3.44. The molecule has 0 radical (unpaired) electrons. The van der Waals surface area contributed by atoms with Gasteiger partial charge in [0.1, 0.15) is 11.9 Å². The number of nitrogens with two attached hydrogens (primary N) is 1. The lowest BCUT2D eigenvalue weighted by Gasteiger charge is -2.03. The smallest absolute Gasteiger partial charge is 0.320 e. The maximum atomic E-state index is 10.4. The van der Waals surface area contributed by atoms with Gasteiger partial charge in [-0.2, -0.15) is 4.37 Å². The molecule has 0 saturated heterocycles. The highest BCUT2D eigenvalue weighted by Crippen LogP contribution is 2.20. The number of nitrogens with zero attached hydrogens (tertiary/aromatic N) is 2. The molecule has 14 heavy (non-hydrogen) atoms. The summed E-state index contributed by atoms with van der Waals surface area (Å²) < 4.78 is 4.87. The van der Waals surface area contributed by atoms with Gasteiger partial charge in [-0.05, 0) is 24.9 Å². The number of aryl methyl sites for hydroxylation is 1. The minimum atomic E-state index is -0.959. The van der Waals surface area contributed by atoms with Crippen LogP contribution in [0.5, 0.6) is 0 Å². The number of carbonyl (C=O) groups is 1. The van der Waals surface area contributed by atoms with E-state index in [0.717, 1.165) is 10.2 Å². The normalized spacial score (nSPS) is 12.7. The molecule has 1 atom stereocenters. The maximum absolute atomic E-state index is 10.4. The van der Waals surface area contributed by atoms with Crippen LogP contribution in [0.25, 0.3) is 0 Å². The van der Waals surface area contributed by atoms with Crippen LogP contribution in [-0.2, 0) is 4.79 Å². The molecule has 1 heterocycles. The second-order valence-corrected chi connectivity index (χ2v) is 4.78. The zero-order chi connectivity index (χ0) is 10.6. The Bertz CT molecular complexity index is 316. The fraction of sp³-hybridized carbons (Fsp3) is 0.571. The predicted octanol–water partition coefficient (Wildman–Crippen LogP) is 0.741. The highest BCUT2D eigenvalue weighted by Gasteiger charge is 2.11. The Morgan fingerprint density at radius 3 is 3.00 bits per heavy atom. The van der Waals surface area contributed by atoms with Gasteiger partial charge in [0.05, 0.1) is 0 Å². The zero-order valence-electron chi connectivity index (χ0n) is 7.64. The first kappa shape index (κ1) is 11.4. The number of aromatic nitrogens is 2. The number of rotatable bonds is 5. The van der Waals surface area contributed by atoms with Crippen molar-refractivity contribution >= 4 is 29.3 Å². The third kappa shape index (κ3) is 3.60. The lowest BCUT2D eigenvalue weighted by Crippen LogP contribution is -2.30. The van der Waals surface area contributed by atoms with Gasteiger partial charge in [0.2, 0.25) is 0 Å². The molecular weight excluding hydrogens is 222 g/mol. The van der Waals surface area contributed by atoms with Crippen molar-refractivity contribution in [3.63, 3.8) is 0 Å². The first-order valence-electron chi connectivity index (χ1n) is 4.01. The Kier molecular flexibility index (Phi) is 4.30. The molecule has 0 saturated carbocycles. The van der Waals surface area contributed by atoms with Crippen LogP contribution in [0.3, 0.4) is 0 Å². The van der Waals surface area contributed by atoms with Crippen molar-refractivity contribution in [3.8, 4) is 0 Å². The summed E-state index contributed by atoms with van der Waals surface area (Å²) in [6.45, 7) is 1.82. The molecule has 1 aromatic rings. The summed E-state index contributed by atoms with van der Waals surface area (Å²) in [7, 11) is 0. The Balaban J connectivity index is 2.25. The molecule has 0 amide bonds. The van der Waals surface area contributed by atoms with Crippen LogP contribution in [0, 0.1) is 6.92 Å². The Morgan fingerprint density at radius 2 is 2.50 bits per heavy atom. The summed E-state index contributed by atoms with van der Waals surface area (Å²) in [5.41, 5.74) is 5.34. The van der Waals surface area contributed by atoms with E-state index in [1.807, 2.05) is 6.92 Å². The SMILES string of the molecule is Cc1nsc(SCCC(N)C(=O)O)n1. The van der Waals surface area contributed by atoms with E-state index < -0.39 is 12.0 Å². The molecule has 0 bridgehead atoms. The number of aliphatic carboxylic acids is 1. The van der Waals surface area contributed by atoms with Crippen molar-refractivity contribution in [2.75, 3.05) is 5.75 Å². The topological polar surface area (TPSA) is 89.1 Å². The van der Waals surface area contributed by atoms with E-state index in [4.69, 9.17) is 10.8 Å². The van der Waals surface area contributed by atoms with Crippen LogP contribution in [-0.4, -0.2) is 32.2 Å². The van der Waals surface area contributed by atoms with Gasteiger partial charge < -0.3 is 10.8 Å². The van der Waals surface area contributed by atoms with Crippen LogP contribution >= 0.6 is 23.3 Å². The van der Waals surface area contributed by atoms with E-state index >= 15 is 0 Å². The average Bonchev–Trinajstić information content (AvgIpc) is 2.51. The van der Waals surface area contributed by atoms with E-state index in [9.17, 15) is 4.79 Å². The fourth-order valence-corrected chi connectivity index (χ4v) is 2.47. The lowest BCUT2D eigenvalue weighted by molar-refractivity contribution is -0.138. The van der Waals surface area contributed by atoms with Crippen LogP contribution in [0.1, 0.15) is 12.2 Å². The van der Waals surface area contributed by atoms with E-state index in [1.165, 1.54) is 23.3 Å². The number of hydrogen-bond donors (Lipinski definition) is 2. The quantitative estimate of drug-likeness (QED) is 0.729. The Morgan fingerprint density at radius 1 is 1.79 bits per heavy atom. The van der Waals surface area contributed by atoms with Gasteiger partial charge in [0.15, 0.2) is 4.34 Å². The van der Waals surface area contributed by atoms with Crippen LogP contribution in [0.4, 0.5) is 0 Å². The van der Waals surface area contributed by atoms with Crippen molar-refractivity contribution in [1.82, 2.24) is 9.36 Å². The zero-order valence-corrected chi connectivity index (χ0v) is 9.27. The number of carboxylic acids is 1. The van der Waals surface area contributed by atoms with Crippen LogP contribution in [0.15, 0.2) is 4.34 Å². The molecular formula is C7H11N3O2S2. The van der Waals surface area contributed by atoms with Crippen molar-refractivity contribution in [2.24, 2.45) is 5.73 Å². The van der Waals surface area contributed by atoms with Gasteiger partial charge in [0.25, 0.3) is 0 Å². The van der Waals surface area contributed by atoms with Crippen molar-refractivity contribution in [1.29, 1.82) is 0 Å². The molecule has 1 unspecified atom stereocenters. The molecule has 7 heteroatoms. The third-order valence-electron chi connectivity index (χ3n) is 1.48. The van der Waals surface area contributed by atoms with Gasteiger partial charge in [-0.25, -0.2) is 4.98 Å². The van der Waals surface area contributed by atoms with Gasteiger partial charge in [-0.1, -0.05) is 11.8 Å². The van der Waals surface area contributed by atoms with Crippen LogP contribution < -0.4 is 5.73 Å². The molecule has 78 valence electrons. The standard InChI is InChI=1S/C7H11N3O2S2/c1-4-9-7(14-10-4)13-3-2-5(8)6(11)12/h5H,2-3,8H2,1H3,(H,11,12). The summed E-state index contributed by atoms with van der Waals surface area (Å²) in [6, 6.07) is -0.781. The Hall–Kier alpha value is -0.660.